The van der Waals surface area contributed by atoms with Gasteiger partial charge in [0.1, 0.15) is 5.82 Å². The van der Waals surface area contributed by atoms with E-state index in [2.05, 4.69) is 15.6 Å². The van der Waals surface area contributed by atoms with Gasteiger partial charge in [-0.15, -0.1) is 11.3 Å². The molecular weight excluding hydrogens is 459 g/mol. The number of halogens is 1. The Hall–Kier alpha value is -3.92. The van der Waals surface area contributed by atoms with Crippen LogP contribution in [0.2, 0.25) is 0 Å². The first-order valence-electron chi connectivity index (χ1n) is 10.5. The SMILES string of the molecule is CC(=O)Nc1ccc(-c2csc(NC(=O)CCCN3C(=O)c4ccc(C)cc4C3=O)n2)c(F)c1. The fourth-order valence-electron chi connectivity index (χ4n) is 3.65. The van der Waals surface area contributed by atoms with E-state index >= 15 is 0 Å². The van der Waals surface area contributed by atoms with Gasteiger partial charge in [-0.25, -0.2) is 9.37 Å². The number of rotatable bonds is 7. The predicted octanol–water partition coefficient (Wildman–Crippen LogP) is 4.23. The van der Waals surface area contributed by atoms with Crippen LogP contribution >= 0.6 is 11.3 Å². The van der Waals surface area contributed by atoms with Gasteiger partial charge in [0.25, 0.3) is 11.8 Å². The summed E-state index contributed by atoms with van der Waals surface area (Å²) in [7, 11) is 0. The fraction of sp³-hybridized carbons (Fsp3) is 0.208. The highest BCUT2D eigenvalue weighted by Crippen LogP contribution is 2.29. The molecule has 1 aliphatic rings. The van der Waals surface area contributed by atoms with Crippen LogP contribution in [0.5, 0.6) is 0 Å². The van der Waals surface area contributed by atoms with Crippen LogP contribution in [0, 0.1) is 12.7 Å². The van der Waals surface area contributed by atoms with Crippen LogP contribution in [-0.2, 0) is 9.59 Å². The van der Waals surface area contributed by atoms with Gasteiger partial charge in [-0.05, 0) is 43.7 Å². The zero-order valence-electron chi connectivity index (χ0n) is 18.5. The molecule has 3 aromatic rings. The van der Waals surface area contributed by atoms with Gasteiger partial charge in [-0.2, -0.15) is 0 Å². The van der Waals surface area contributed by atoms with Gasteiger partial charge in [0.2, 0.25) is 11.8 Å². The molecule has 174 valence electrons. The van der Waals surface area contributed by atoms with Gasteiger partial charge >= 0.3 is 0 Å². The maximum Gasteiger partial charge on any atom is 0.261 e. The van der Waals surface area contributed by atoms with Crippen molar-refractivity contribution in [2.45, 2.75) is 26.7 Å². The average Bonchev–Trinajstić information content (AvgIpc) is 3.31. The van der Waals surface area contributed by atoms with E-state index in [1.54, 1.807) is 29.6 Å². The summed E-state index contributed by atoms with van der Waals surface area (Å²) >= 11 is 1.15. The molecule has 1 aliphatic heterocycles. The summed E-state index contributed by atoms with van der Waals surface area (Å²) in [5.74, 6) is -1.87. The van der Waals surface area contributed by atoms with E-state index in [-0.39, 0.29) is 42.2 Å². The van der Waals surface area contributed by atoms with E-state index in [1.807, 2.05) is 6.92 Å². The fourth-order valence-corrected chi connectivity index (χ4v) is 4.37. The number of carbonyl (C=O) groups excluding carboxylic acids is 4. The molecule has 0 radical (unpaired) electrons. The number of hydrogen-bond donors (Lipinski definition) is 2. The molecule has 34 heavy (non-hydrogen) atoms. The maximum atomic E-state index is 14.4. The Morgan fingerprint density at radius 3 is 2.50 bits per heavy atom. The third kappa shape index (κ3) is 4.86. The normalized spacial score (nSPS) is 12.6. The molecule has 0 saturated carbocycles. The molecule has 0 atom stereocenters. The van der Waals surface area contributed by atoms with E-state index in [9.17, 15) is 23.6 Å². The summed E-state index contributed by atoms with van der Waals surface area (Å²) < 4.78 is 14.4. The van der Waals surface area contributed by atoms with Crippen molar-refractivity contribution in [1.29, 1.82) is 0 Å². The monoisotopic (exact) mass is 480 g/mol. The smallest absolute Gasteiger partial charge is 0.261 e. The number of carbonyl (C=O) groups is 4. The van der Waals surface area contributed by atoms with Gasteiger partial charge in [0, 0.05) is 36.5 Å². The standard InChI is InChI=1S/C24H21FN4O4S/c1-13-5-7-16-18(10-13)23(33)29(22(16)32)9-3-4-21(31)28-24-27-20(12-34-24)17-8-6-15(11-19(17)25)26-14(2)30/h5-8,10-12H,3-4,9H2,1-2H3,(H,26,30)(H,27,28,31). The number of anilines is 2. The molecule has 4 amide bonds. The highest BCUT2D eigenvalue weighted by atomic mass is 32.1. The minimum Gasteiger partial charge on any atom is -0.326 e. The molecule has 0 saturated heterocycles. The average molecular weight is 481 g/mol. The zero-order chi connectivity index (χ0) is 24.4. The second kappa shape index (κ2) is 9.52. The molecule has 0 spiro atoms. The first-order valence-corrected chi connectivity index (χ1v) is 11.4. The van der Waals surface area contributed by atoms with Crippen LogP contribution in [-0.4, -0.2) is 40.1 Å². The van der Waals surface area contributed by atoms with Crippen molar-refractivity contribution in [3.05, 3.63) is 64.3 Å². The van der Waals surface area contributed by atoms with E-state index in [4.69, 9.17) is 0 Å². The number of nitrogens with zero attached hydrogens (tertiary/aromatic N) is 2. The molecule has 10 heteroatoms. The van der Waals surface area contributed by atoms with E-state index in [0.29, 0.717) is 34.1 Å². The third-order valence-electron chi connectivity index (χ3n) is 5.23. The number of thiazole rings is 1. The molecular formula is C24H21FN4O4S. The predicted molar refractivity (Wildman–Crippen MR) is 126 cm³/mol. The van der Waals surface area contributed by atoms with E-state index in [0.717, 1.165) is 21.8 Å². The van der Waals surface area contributed by atoms with Gasteiger partial charge in [0.05, 0.1) is 16.8 Å². The number of benzene rings is 2. The number of hydrogen-bond acceptors (Lipinski definition) is 6. The van der Waals surface area contributed by atoms with Gasteiger partial charge in [0.15, 0.2) is 5.13 Å². The molecule has 8 nitrogen and oxygen atoms in total. The Morgan fingerprint density at radius 1 is 1.03 bits per heavy atom. The second-order valence-electron chi connectivity index (χ2n) is 7.88. The first-order chi connectivity index (χ1) is 16.2. The maximum absolute atomic E-state index is 14.4. The number of aromatic nitrogens is 1. The second-order valence-corrected chi connectivity index (χ2v) is 8.73. The Balaban J connectivity index is 1.31. The lowest BCUT2D eigenvalue weighted by Crippen LogP contribution is -2.31. The van der Waals surface area contributed by atoms with Crippen LogP contribution in [0.3, 0.4) is 0 Å². The van der Waals surface area contributed by atoms with Crippen LogP contribution < -0.4 is 10.6 Å². The molecule has 4 rings (SSSR count). The summed E-state index contributed by atoms with van der Waals surface area (Å²) in [6, 6.07) is 9.40. The van der Waals surface area contributed by atoms with Gasteiger partial charge in [-0.3, -0.25) is 24.1 Å². The molecule has 0 aliphatic carbocycles. The quantitative estimate of drug-likeness (QED) is 0.492. The van der Waals surface area contributed by atoms with Crippen molar-refractivity contribution in [2.75, 3.05) is 17.2 Å². The first kappa shape index (κ1) is 23.2. The van der Waals surface area contributed by atoms with Crippen molar-refractivity contribution < 1.29 is 23.6 Å². The molecule has 0 bridgehead atoms. The Morgan fingerprint density at radius 2 is 1.76 bits per heavy atom. The Labute approximate surface area is 198 Å². The lowest BCUT2D eigenvalue weighted by molar-refractivity contribution is -0.116. The highest BCUT2D eigenvalue weighted by molar-refractivity contribution is 7.14. The third-order valence-corrected chi connectivity index (χ3v) is 5.99. The van der Waals surface area contributed by atoms with Crippen molar-refractivity contribution >= 4 is 45.8 Å². The number of fused-ring (bicyclic) bond motifs is 1. The molecule has 1 aromatic heterocycles. The van der Waals surface area contributed by atoms with Crippen molar-refractivity contribution in [2.24, 2.45) is 0 Å². The van der Waals surface area contributed by atoms with E-state index < -0.39 is 5.82 Å². The van der Waals surface area contributed by atoms with Crippen molar-refractivity contribution in [1.82, 2.24) is 9.88 Å². The summed E-state index contributed by atoms with van der Waals surface area (Å²) in [6.07, 6.45) is 0.384. The van der Waals surface area contributed by atoms with Crippen LogP contribution in [0.1, 0.15) is 46.0 Å². The summed E-state index contributed by atoms with van der Waals surface area (Å²) in [4.78, 5) is 53.8. The zero-order valence-corrected chi connectivity index (χ0v) is 19.3. The van der Waals surface area contributed by atoms with Gasteiger partial charge in [-0.1, -0.05) is 11.6 Å². The largest absolute Gasteiger partial charge is 0.326 e. The number of aryl methyl sites for hydroxylation is 1. The Bertz CT molecular complexity index is 1320. The van der Waals surface area contributed by atoms with Crippen LogP contribution in [0.4, 0.5) is 15.2 Å². The lowest BCUT2D eigenvalue weighted by atomic mass is 10.1. The van der Waals surface area contributed by atoms with Gasteiger partial charge < -0.3 is 10.6 Å². The summed E-state index contributed by atoms with van der Waals surface area (Å²) in [5.41, 5.74) is 2.60. The summed E-state index contributed by atoms with van der Waals surface area (Å²) in [5, 5.41) is 7.10. The molecule has 0 fully saturated rings. The number of imide groups is 1. The van der Waals surface area contributed by atoms with E-state index in [1.165, 1.54) is 19.1 Å². The number of amides is 4. The minimum atomic E-state index is -0.550. The topological polar surface area (TPSA) is 108 Å². The molecule has 2 heterocycles. The highest BCUT2D eigenvalue weighted by Gasteiger charge is 2.35. The Kier molecular flexibility index (Phi) is 6.51. The molecule has 2 aromatic carbocycles. The molecule has 2 N–H and O–H groups in total. The van der Waals surface area contributed by atoms with Crippen molar-refractivity contribution in [3.63, 3.8) is 0 Å². The summed E-state index contributed by atoms with van der Waals surface area (Å²) in [6.45, 7) is 3.32. The van der Waals surface area contributed by atoms with Crippen LogP contribution in [0.25, 0.3) is 11.3 Å². The molecule has 0 unspecified atom stereocenters. The van der Waals surface area contributed by atoms with Crippen molar-refractivity contribution in [3.8, 4) is 11.3 Å². The van der Waals surface area contributed by atoms with Crippen LogP contribution in [0.15, 0.2) is 41.8 Å². The lowest BCUT2D eigenvalue weighted by Gasteiger charge is -2.13. The number of nitrogens with one attached hydrogen (secondary N) is 2. The minimum absolute atomic E-state index is 0.0844.